The number of rotatable bonds is 23. The van der Waals surface area contributed by atoms with E-state index < -0.39 is 38.6 Å². The van der Waals surface area contributed by atoms with Crippen LogP contribution in [0, 0.1) is 0 Å². The number of phosphoric ester groups is 1. The number of allylic oxidation sites excluding steroid dienone is 2. The van der Waals surface area contributed by atoms with Crippen LogP contribution >= 0.6 is 7.82 Å². The number of esters is 1. The van der Waals surface area contributed by atoms with Gasteiger partial charge in [0.25, 0.3) is 0 Å². The molecule has 4 N–H and O–H groups in total. The zero-order valence-electron chi connectivity index (χ0n) is 22.8. The fourth-order valence-electron chi connectivity index (χ4n) is 3.85. The van der Waals surface area contributed by atoms with Crippen LogP contribution in [0.3, 0.4) is 0 Å². The van der Waals surface area contributed by atoms with E-state index in [1.807, 2.05) is 0 Å². The number of phosphoric acid groups is 1. The maximum atomic E-state index is 12.1. The highest BCUT2D eigenvalue weighted by Crippen LogP contribution is 2.45. The summed E-state index contributed by atoms with van der Waals surface area (Å²) in [5.74, 6) is -1.74. The fourth-order valence-corrected chi connectivity index (χ4v) is 4.77. The number of hydrogen-bond acceptors (Lipinski definition) is 8. The molecule has 38 heavy (non-hydrogen) atoms. The van der Waals surface area contributed by atoms with E-state index in [0.29, 0.717) is 6.42 Å². The molecule has 0 bridgehead atoms. The predicted octanol–water partition coefficient (Wildman–Crippen LogP) is 5.44. The van der Waals surface area contributed by atoms with Gasteiger partial charge in [-0.05, 0) is 32.1 Å². The van der Waals surface area contributed by atoms with E-state index in [1.54, 1.807) is 6.08 Å². The summed E-state index contributed by atoms with van der Waals surface area (Å²) in [5, 5.41) is 8.75. The van der Waals surface area contributed by atoms with Crippen molar-refractivity contribution >= 4 is 19.8 Å². The van der Waals surface area contributed by atoms with Gasteiger partial charge in [-0.25, -0.2) is 4.57 Å². The van der Waals surface area contributed by atoms with Crippen molar-refractivity contribution in [2.24, 2.45) is 5.73 Å². The second-order valence-electron chi connectivity index (χ2n) is 9.60. The summed E-state index contributed by atoms with van der Waals surface area (Å²) in [6.45, 7) is 1.63. The van der Waals surface area contributed by atoms with Crippen LogP contribution in [-0.2, 0) is 32.7 Å². The van der Waals surface area contributed by atoms with Crippen LogP contribution in [0.25, 0.3) is 0 Å². The van der Waals surface area contributed by atoms with Crippen molar-refractivity contribution in [1.82, 2.24) is 0 Å². The smallest absolute Gasteiger partial charge is 0.472 e. The lowest BCUT2D eigenvalue weighted by Crippen LogP contribution is -2.38. The normalized spacial score (nSPS) is 19.9. The Morgan fingerprint density at radius 1 is 1.05 bits per heavy atom. The Balaban J connectivity index is 2.12. The van der Waals surface area contributed by atoms with E-state index in [0.717, 1.165) is 38.5 Å². The van der Waals surface area contributed by atoms with Crippen molar-refractivity contribution in [3.05, 3.63) is 24.3 Å². The minimum absolute atomic E-state index is 0.145. The minimum atomic E-state index is -4.60. The van der Waals surface area contributed by atoms with Crippen molar-refractivity contribution in [2.45, 2.75) is 115 Å². The molecule has 1 rings (SSSR count). The van der Waals surface area contributed by atoms with Crippen LogP contribution in [0.15, 0.2) is 24.3 Å². The Kier molecular flexibility index (Phi) is 19.3. The first-order chi connectivity index (χ1) is 18.2. The summed E-state index contributed by atoms with van der Waals surface area (Å²) in [6.07, 6.45) is 21.5. The molecule has 2 unspecified atom stereocenters. The third-order valence-electron chi connectivity index (χ3n) is 6.14. The van der Waals surface area contributed by atoms with Gasteiger partial charge in [0.2, 0.25) is 0 Å². The van der Waals surface area contributed by atoms with Gasteiger partial charge in [0.1, 0.15) is 24.9 Å². The lowest BCUT2D eigenvalue weighted by atomic mass is 10.1. The van der Waals surface area contributed by atoms with Gasteiger partial charge in [0.05, 0.1) is 13.2 Å². The largest absolute Gasteiger partial charge is 0.480 e. The summed E-state index contributed by atoms with van der Waals surface area (Å²) in [5.41, 5.74) is 5.27. The van der Waals surface area contributed by atoms with E-state index in [2.05, 4.69) is 23.6 Å². The molecule has 1 aliphatic rings. The number of carboxylic acids is 1. The van der Waals surface area contributed by atoms with Crippen LogP contribution in [0.1, 0.15) is 96.8 Å². The molecule has 10 nitrogen and oxygen atoms in total. The third-order valence-corrected chi connectivity index (χ3v) is 7.12. The van der Waals surface area contributed by atoms with Crippen molar-refractivity contribution in [2.75, 3.05) is 19.8 Å². The lowest BCUT2D eigenvalue weighted by Gasteiger charge is -2.28. The Hall–Kier alpha value is -1.55. The highest BCUT2D eigenvalue weighted by molar-refractivity contribution is 7.47. The van der Waals surface area contributed by atoms with Gasteiger partial charge in [-0.2, -0.15) is 0 Å². The summed E-state index contributed by atoms with van der Waals surface area (Å²) in [6, 6.07) is -1.47. The summed E-state index contributed by atoms with van der Waals surface area (Å²) in [4.78, 5) is 32.7. The van der Waals surface area contributed by atoms with Crippen molar-refractivity contribution in [3.8, 4) is 0 Å². The number of unbranched alkanes of at least 4 members (excludes halogenated alkanes) is 11. The highest BCUT2D eigenvalue weighted by Gasteiger charge is 2.34. The van der Waals surface area contributed by atoms with E-state index >= 15 is 0 Å². The monoisotopic (exact) mass is 561 g/mol. The Morgan fingerprint density at radius 3 is 2.29 bits per heavy atom. The Bertz CT molecular complexity index is 759. The van der Waals surface area contributed by atoms with Gasteiger partial charge in [0, 0.05) is 6.42 Å². The molecule has 1 heterocycles. The van der Waals surface area contributed by atoms with Crippen LogP contribution in [0.4, 0.5) is 0 Å². The molecular formula is C27H48NO9P. The molecule has 0 aromatic heterocycles. The predicted molar refractivity (Wildman–Crippen MR) is 146 cm³/mol. The van der Waals surface area contributed by atoms with E-state index in [9.17, 15) is 19.0 Å². The molecule has 0 radical (unpaired) electrons. The zero-order valence-corrected chi connectivity index (χ0v) is 23.7. The molecule has 0 aliphatic carbocycles. The second-order valence-corrected chi connectivity index (χ2v) is 11.0. The van der Waals surface area contributed by atoms with Crippen molar-refractivity contribution < 1.29 is 42.7 Å². The number of carbonyl (C=O) groups excluding carboxylic acids is 1. The quantitative estimate of drug-likeness (QED) is 0.0636. The van der Waals surface area contributed by atoms with Gasteiger partial charge in [-0.3, -0.25) is 18.6 Å². The maximum absolute atomic E-state index is 12.1. The molecule has 0 saturated carbocycles. The average Bonchev–Trinajstić information content (AvgIpc) is 2.88. The minimum Gasteiger partial charge on any atom is -0.480 e. The number of nitrogens with two attached hydrogens (primary N) is 1. The van der Waals surface area contributed by atoms with Crippen LogP contribution in [0.2, 0.25) is 0 Å². The summed E-state index contributed by atoms with van der Waals surface area (Å²) >= 11 is 0. The second kappa shape index (κ2) is 21.3. The molecule has 4 atom stereocenters. The Labute approximate surface area is 227 Å². The van der Waals surface area contributed by atoms with Crippen molar-refractivity contribution in [3.63, 3.8) is 0 Å². The molecule has 0 aromatic rings. The topological polar surface area (TPSA) is 155 Å². The van der Waals surface area contributed by atoms with Crippen molar-refractivity contribution in [1.29, 1.82) is 0 Å². The fraction of sp³-hybridized carbons (Fsp3) is 0.778. The molecule has 0 saturated heterocycles. The highest BCUT2D eigenvalue weighted by atomic mass is 31.2. The maximum Gasteiger partial charge on any atom is 0.472 e. The van der Waals surface area contributed by atoms with E-state index in [-0.39, 0.29) is 19.2 Å². The number of hydrogen-bond donors (Lipinski definition) is 3. The lowest BCUT2D eigenvalue weighted by molar-refractivity contribution is -0.150. The first kappa shape index (κ1) is 34.5. The van der Waals surface area contributed by atoms with Crippen LogP contribution < -0.4 is 5.73 Å². The molecule has 0 aromatic carbocycles. The number of aliphatic carboxylic acids is 1. The first-order valence-electron chi connectivity index (χ1n) is 14.0. The van der Waals surface area contributed by atoms with Gasteiger partial charge in [-0.15, -0.1) is 0 Å². The molecule has 0 amide bonds. The van der Waals surface area contributed by atoms with Gasteiger partial charge in [0.15, 0.2) is 0 Å². The third kappa shape index (κ3) is 17.9. The zero-order chi connectivity index (χ0) is 28.1. The molecular weight excluding hydrogens is 513 g/mol. The SMILES string of the molecule is CCCCCCCC/C=C\CCCCCCCC(=O)OCC1OCC=C[C@@H]1OP(=O)(O)OC[C@H](N)C(=O)O. The van der Waals surface area contributed by atoms with E-state index in [4.69, 9.17) is 24.8 Å². The van der Waals surface area contributed by atoms with E-state index in [1.165, 1.54) is 51.0 Å². The standard InChI is InChI=1S/C27H48NO9P/c1-2-3-4-5-6-7-8-9-10-11-12-13-14-15-16-19-26(29)35-22-25-24(18-17-20-34-25)37-38(32,33)36-21-23(28)27(30)31/h9-10,17-18,23-25H,2-8,11-16,19-22,28H2,1H3,(H,30,31)(H,32,33)/b10-9-/t23-,24-,25?/m0/s1. The van der Waals surface area contributed by atoms with Crippen LogP contribution in [-0.4, -0.2) is 60.0 Å². The van der Waals surface area contributed by atoms with Crippen LogP contribution in [0.5, 0.6) is 0 Å². The van der Waals surface area contributed by atoms with Gasteiger partial charge in [-0.1, -0.05) is 82.6 Å². The van der Waals surface area contributed by atoms with Gasteiger partial charge < -0.3 is 25.2 Å². The summed E-state index contributed by atoms with van der Waals surface area (Å²) in [7, 11) is -4.60. The molecule has 1 aliphatic heterocycles. The molecule has 0 spiro atoms. The number of carbonyl (C=O) groups is 2. The number of ether oxygens (including phenoxy) is 2. The summed E-state index contributed by atoms with van der Waals surface area (Å²) < 4.78 is 32.6. The molecule has 220 valence electrons. The van der Waals surface area contributed by atoms with Gasteiger partial charge >= 0.3 is 19.8 Å². The molecule has 11 heteroatoms. The molecule has 0 fully saturated rings. The Morgan fingerprint density at radius 2 is 1.66 bits per heavy atom. The first-order valence-corrected chi connectivity index (χ1v) is 15.5. The average molecular weight is 562 g/mol. The number of carboxylic acid groups (broad SMARTS) is 1.